The minimum atomic E-state index is -1.37. The Hall–Kier alpha value is -2.66. The standard InChI is InChI=1S/C18H13NO3S/c1-2-9-19-14-7-4-3-6-12(14)18(17(19)21)13(11-16(20)22-18)15-8-5-10-23-15/h2-8,10-11H,1,9H2/t18-/m0/s1. The highest BCUT2D eigenvalue weighted by atomic mass is 32.1. The van der Waals surface area contributed by atoms with Crippen LogP contribution in [0.2, 0.25) is 0 Å². The Morgan fingerprint density at radius 1 is 1.22 bits per heavy atom. The van der Waals surface area contributed by atoms with Crippen LogP contribution >= 0.6 is 11.3 Å². The summed E-state index contributed by atoms with van der Waals surface area (Å²) >= 11 is 1.48. The van der Waals surface area contributed by atoms with Crippen LogP contribution in [0.1, 0.15) is 10.4 Å². The second-order valence-corrected chi connectivity index (χ2v) is 6.31. The molecule has 1 spiro atoms. The van der Waals surface area contributed by atoms with Crippen molar-refractivity contribution in [2.45, 2.75) is 5.60 Å². The van der Waals surface area contributed by atoms with Gasteiger partial charge in [0.15, 0.2) is 0 Å². The van der Waals surface area contributed by atoms with Crippen molar-refractivity contribution in [2.24, 2.45) is 0 Å². The Labute approximate surface area is 137 Å². The molecular weight excluding hydrogens is 310 g/mol. The highest BCUT2D eigenvalue weighted by molar-refractivity contribution is 7.11. The molecular formula is C18H13NO3S. The minimum absolute atomic E-state index is 0.246. The van der Waals surface area contributed by atoms with Gasteiger partial charge >= 0.3 is 5.97 Å². The molecule has 4 nitrogen and oxygen atoms in total. The monoisotopic (exact) mass is 323 g/mol. The molecule has 2 aliphatic rings. The average Bonchev–Trinajstić information content (AvgIpc) is 3.24. The van der Waals surface area contributed by atoms with Crippen LogP contribution in [0.3, 0.4) is 0 Å². The van der Waals surface area contributed by atoms with Gasteiger partial charge in [0.2, 0.25) is 5.60 Å². The first-order chi connectivity index (χ1) is 11.2. The lowest BCUT2D eigenvalue weighted by molar-refractivity contribution is -0.153. The van der Waals surface area contributed by atoms with E-state index >= 15 is 0 Å². The number of benzene rings is 1. The molecule has 0 saturated heterocycles. The maximum absolute atomic E-state index is 13.2. The number of ether oxygens (including phenoxy) is 1. The van der Waals surface area contributed by atoms with Crippen molar-refractivity contribution in [1.29, 1.82) is 0 Å². The zero-order valence-electron chi connectivity index (χ0n) is 12.2. The number of thiophene rings is 1. The van der Waals surface area contributed by atoms with Gasteiger partial charge in [-0.2, -0.15) is 0 Å². The molecule has 5 heteroatoms. The third-order valence-corrected chi connectivity index (χ3v) is 5.02. The number of carbonyl (C=O) groups excluding carboxylic acids is 2. The summed E-state index contributed by atoms with van der Waals surface area (Å²) in [6.07, 6.45) is 3.09. The van der Waals surface area contributed by atoms with Crippen molar-refractivity contribution in [3.63, 3.8) is 0 Å². The number of carbonyl (C=O) groups is 2. The van der Waals surface area contributed by atoms with Crippen molar-refractivity contribution in [3.8, 4) is 0 Å². The lowest BCUT2D eigenvalue weighted by Gasteiger charge is -2.25. The van der Waals surface area contributed by atoms with E-state index in [0.717, 1.165) is 10.6 Å². The van der Waals surface area contributed by atoms with E-state index in [1.807, 2.05) is 41.8 Å². The van der Waals surface area contributed by atoms with Gasteiger partial charge in [-0.05, 0) is 17.5 Å². The van der Waals surface area contributed by atoms with Gasteiger partial charge in [0.1, 0.15) is 0 Å². The molecule has 2 aromatic rings. The van der Waals surface area contributed by atoms with E-state index in [9.17, 15) is 9.59 Å². The van der Waals surface area contributed by atoms with Crippen LogP contribution in [0.4, 0.5) is 5.69 Å². The predicted molar refractivity (Wildman–Crippen MR) is 89.1 cm³/mol. The van der Waals surface area contributed by atoms with E-state index in [-0.39, 0.29) is 5.91 Å². The number of esters is 1. The van der Waals surface area contributed by atoms with E-state index in [0.29, 0.717) is 17.7 Å². The molecule has 0 unspecified atom stereocenters. The zero-order chi connectivity index (χ0) is 16.0. The number of fused-ring (bicyclic) bond motifs is 2. The summed E-state index contributed by atoms with van der Waals surface area (Å²) in [5.41, 5.74) is 0.704. The highest BCUT2D eigenvalue weighted by Crippen LogP contribution is 2.53. The number of hydrogen-bond donors (Lipinski definition) is 0. The first-order valence-corrected chi connectivity index (χ1v) is 8.08. The maximum Gasteiger partial charge on any atom is 0.333 e. The second-order valence-electron chi connectivity index (χ2n) is 5.36. The fourth-order valence-electron chi connectivity index (χ4n) is 3.22. The fraction of sp³-hybridized carbons (Fsp3) is 0.111. The van der Waals surface area contributed by atoms with Gasteiger partial charge in [-0.15, -0.1) is 17.9 Å². The summed E-state index contributed by atoms with van der Waals surface area (Å²) in [6.45, 7) is 4.08. The van der Waals surface area contributed by atoms with Crippen LogP contribution in [0.25, 0.3) is 5.57 Å². The van der Waals surface area contributed by atoms with Crippen LogP contribution in [0.15, 0.2) is 60.5 Å². The number of rotatable bonds is 3. The Balaban J connectivity index is 1.97. The van der Waals surface area contributed by atoms with E-state index in [1.54, 1.807) is 11.0 Å². The summed E-state index contributed by atoms with van der Waals surface area (Å²) in [7, 11) is 0. The van der Waals surface area contributed by atoms with Crippen LogP contribution in [-0.2, 0) is 19.9 Å². The second kappa shape index (κ2) is 4.93. The molecule has 23 heavy (non-hydrogen) atoms. The molecule has 4 rings (SSSR count). The van der Waals surface area contributed by atoms with Gasteiger partial charge in [-0.25, -0.2) is 4.79 Å². The number of amides is 1. The summed E-state index contributed by atoms with van der Waals surface area (Å²) in [5.74, 6) is -0.735. The molecule has 1 aromatic heterocycles. The van der Waals surface area contributed by atoms with Crippen LogP contribution < -0.4 is 4.90 Å². The SMILES string of the molecule is C=CCN1C(=O)[C@]2(OC(=O)C=C2c2cccs2)c2ccccc21. The molecule has 1 atom stereocenters. The smallest absolute Gasteiger partial charge is 0.333 e. The van der Waals surface area contributed by atoms with Crippen LogP contribution in [0.5, 0.6) is 0 Å². The van der Waals surface area contributed by atoms with Crippen LogP contribution in [0, 0.1) is 0 Å². The van der Waals surface area contributed by atoms with Gasteiger partial charge in [-0.1, -0.05) is 30.3 Å². The maximum atomic E-state index is 13.2. The number of hydrogen-bond acceptors (Lipinski definition) is 4. The molecule has 0 fully saturated rings. The largest absolute Gasteiger partial charge is 0.436 e. The van der Waals surface area contributed by atoms with Crippen LogP contribution in [-0.4, -0.2) is 18.4 Å². The topological polar surface area (TPSA) is 46.6 Å². The molecule has 3 heterocycles. The number of nitrogens with zero attached hydrogens (tertiary/aromatic N) is 1. The van der Waals surface area contributed by atoms with Gasteiger partial charge in [-0.3, -0.25) is 4.79 Å². The first kappa shape index (κ1) is 14.0. The van der Waals surface area contributed by atoms with Crippen molar-refractivity contribution in [2.75, 3.05) is 11.4 Å². The zero-order valence-corrected chi connectivity index (χ0v) is 13.0. The fourth-order valence-corrected chi connectivity index (χ4v) is 4.01. The third kappa shape index (κ3) is 1.77. The summed E-state index contributed by atoms with van der Waals surface area (Å²) < 4.78 is 5.61. The molecule has 114 valence electrons. The number of anilines is 1. The lowest BCUT2D eigenvalue weighted by Crippen LogP contribution is -2.41. The summed E-state index contributed by atoms with van der Waals surface area (Å²) in [4.78, 5) is 27.7. The van der Waals surface area contributed by atoms with E-state index < -0.39 is 11.6 Å². The summed E-state index contributed by atoms with van der Waals surface area (Å²) in [5, 5.41) is 1.92. The van der Waals surface area contributed by atoms with Gasteiger partial charge in [0, 0.05) is 28.6 Å². The van der Waals surface area contributed by atoms with Gasteiger partial charge in [0.25, 0.3) is 5.91 Å². The molecule has 2 aliphatic heterocycles. The Bertz CT molecular complexity index is 853. The minimum Gasteiger partial charge on any atom is -0.436 e. The third-order valence-electron chi connectivity index (χ3n) is 4.11. The molecule has 0 radical (unpaired) electrons. The highest BCUT2D eigenvalue weighted by Gasteiger charge is 2.59. The molecule has 1 amide bonds. The normalized spacial score (nSPS) is 22.3. The number of para-hydroxylation sites is 1. The first-order valence-electron chi connectivity index (χ1n) is 7.20. The predicted octanol–water partition coefficient (Wildman–Crippen LogP) is 3.12. The Morgan fingerprint density at radius 2 is 2.04 bits per heavy atom. The van der Waals surface area contributed by atoms with Crippen molar-refractivity contribution in [3.05, 3.63) is 70.9 Å². The van der Waals surface area contributed by atoms with Gasteiger partial charge < -0.3 is 9.64 Å². The Morgan fingerprint density at radius 3 is 2.78 bits per heavy atom. The molecule has 1 aromatic carbocycles. The molecule has 0 saturated carbocycles. The van der Waals surface area contributed by atoms with Crippen molar-refractivity contribution in [1.82, 2.24) is 0 Å². The molecule has 0 aliphatic carbocycles. The van der Waals surface area contributed by atoms with Crippen molar-refractivity contribution >= 4 is 34.5 Å². The summed E-state index contributed by atoms with van der Waals surface area (Å²) in [6, 6.07) is 11.2. The van der Waals surface area contributed by atoms with Gasteiger partial charge in [0.05, 0.1) is 5.69 Å². The molecule has 0 bridgehead atoms. The molecule has 0 N–H and O–H groups in total. The van der Waals surface area contributed by atoms with E-state index in [4.69, 9.17) is 4.74 Å². The Kier molecular flexibility index (Phi) is 2.99. The quantitative estimate of drug-likeness (QED) is 0.644. The lowest BCUT2D eigenvalue weighted by atomic mass is 9.87. The van der Waals surface area contributed by atoms with E-state index in [2.05, 4.69) is 6.58 Å². The van der Waals surface area contributed by atoms with E-state index in [1.165, 1.54) is 17.4 Å². The van der Waals surface area contributed by atoms with Crippen molar-refractivity contribution < 1.29 is 14.3 Å². The average molecular weight is 323 g/mol.